The molecule has 3 heteroatoms. The van der Waals surface area contributed by atoms with Gasteiger partial charge in [-0.3, -0.25) is 4.98 Å². The van der Waals surface area contributed by atoms with Gasteiger partial charge in [0.1, 0.15) is 0 Å². The van der Waals surface area contributed by atoms with Gasteiger partial charge in [0.25, 0.3) is 0 Å². The van der Waals surface area contributed by atoms with Crippen LogP contribution in [0.15, 0.2) is 12.1 Å². The Morgan fingerprint density at radius 1 is 1.50 bits per heavy atom. The number of aromatic nitrogens is 1. The largest absolute Gasteiger partial charge is 0.390 e. The van der Waals surface area contributed by atoms with Crippen LogP contribution in [-0.2, 0) is 13.0 Å². The second kappa shape index (κ2) is 2.84. The van der Waals surface area contributed by atoms with E-state index in [9.17, 15) is 5.11 Å². The number of aryl methyl sites for hydroxylation is 1. The predicted octanol–water partition coefficient (Wildman–Crippen LogP) is 0.554. The van der Waals surface area contributed by atoms with Gasteiger partial charge in [0.15, 0.2) is 0 Å². The maximum absolute atomic E-state index is 9.46. The summed E-state index contributed by atoms with van der Waals surface area (Å²) in [4.78, 5) is 4.15. The molecule has 0 radical (unpaired) electrons. The summed E-state index contributed by atoms with van der Waals surface area (Å²) >= 11 is 0. The normalized spacial score (nSPS) is 21.0. The van der Waals surface area contributed by atoms with Crippen molar-refractivity contribution in [3.8, 4) is 0 Å². The van der Waals surface area contributed by atoms with E-state index in [1.54, 1.807) is 6.07 Å². The van der Waals surface area contributed by atoms with Gasteiger partial charge < -0.3 is 10.2 Å². The molecule has 0 spiro atoms. The number of pyridine rings is 1. The fourth-order valence-electron chi connectivity index (χ4n) is 1.56. The highest BCUT2D eigenvalue weighted by molar-refractivity contribution is 5.28. The minimum absolute atomic E-state index is 0.0556. The average molecular weight is 165 g/mol. The number of hydrogen-bond acceptors (Lipinski definition) is 3. The van der Waals surface area contributed by atoms with Crippen LogP contribution in [0.4, 0.5) is 0 Å². The maximum atomic E-state index is 9.46. The fraction of sp³-hybridized carbons (Fsp3) is 0.444. The zero-order valence-corrected chi connectivity index (χ0v) is 6.70. The molecule has 2 rings (SSSR count). The summed E-state index contributed by atoms with van der Waals surface area (Å²) in [6.45, 7) is -0.0556. The Labute approximate surface area is 70.7 Å². The minimum Gasteiger partial charge on any atom is -0.390 e. The van der Waals surface area contributed by atoms with Crippen molar-refractivity contribution >= 4 is 0 Å². The van der Waals surface area contributed by atoms with Crippen molar-refractivity contribution in [3.63, 3.8) is 0 Å². The van der Waals surface area contributed by atoms with Gasteiger partial charge in [0.2, 0.25) is 0 Å². The van der Waals surface area contributed by atoms with Crippen LogP contribution in [0.25, 0.3) is 0 Å². The summed E-state index contributed by atoms with van der Waals surface area (Å²) in [6, 6.07) is 3.74. The van der Waals surface area contributed by atoms with Crippen molar-refractivity contribution in [1.82, 2.24) is 4.98 Å². The molecule has 0 aliphatic heterocycles. The van der Waals surface area contributed by atoms with Crippen LogP contribution in [-0.4, -0.2) is 15.2 Å². The fourth-order valence-corrected chi connectivity index (χ4v) is 1.56. The number of nitrogens with zero attached hydrogens (tertiary/aromatic N) is 1. The molecule has 0 saturated heterocycles. The van der Waals surface area contributed by atoms with E-state index in [2.05, 4.69) is 4.98 Å². The van der Waals surface area contributed by atoms with Crippen LogP contribution in [0.5, 0.6) is 0 Å². The van der Waals surface area contributed by atoms with Crippen molar-refractivity contribution in [2.24, 2.45) is 0 Å². The molecule has 1 aliphatic carbocycles. The van der Waals surface area contributed by atoms with Gasteiger partial charge in [-0.15, -0.1) is 0 Å². The van der Waals surface area contributed by atoms with Crippen LogP contribution in [0.2, 0.25) is 0 Å². The summed E-state index contributed by atoms with van der Waals surface area (Å²) < 4.78 is 0. The van der Waals surface area contributed by atoms with Gasteiger partial charge >= 0.3 is 0 Å². The molecule has 0 amide bonds. The standard InChI is InChI=1S/C9H11NO2/c11-5-7-3-1-6-2-4-8(12)9(6)10-7/h1,3,8,11-12H,2,4-5H2. The lowest BCUT2D eigenvalue weighted by atomic mass is 10.2. The lowest BCUT2D eigenvalue weighted by Crippen LogP contribution is -1.98. The number of aliphatic hydroxyl groups is 2. The highest BCUT2D eigenvalue weighted by Crippen LogP contribution is 2.28. The molecule has 1 unspecified atom stereocenters. The summed E-state index contributed by atoms with van der Waals surface area (Å²) in [7, 11) is 0. The Morgan fingerprint density at radius 2 is 2.33 bits per heavy atom. The van der Waals surface area contributed by atoms with E-state index in [0.29, 0.717) is 5.69 Å². The van der Waals surface area contributed by atoms with Gasteiger partial charge in [-0.25, -0.2) is 0 Å². The second-order valence-corrected chi connectivity index (χ2v) is 3.06. The van der Waals surface area contributed by atoms with Gasteiger partial charge in [-0.05, 0) is 24.5 Å². The van der Waals surface area contributed by atoms with Crippen molar-refractivity contribution < 1.29 is 10.2 Å². The third kappa shape index (κ3) is 1.11. The summed E-state index contributed by atoms with van der Waals surface area (Å²) in [6.07, 6.45) is 1.23. The van der Waals surface area contributed by atoms with Crippen molar-refractivity contribution in [2.45, 2.75) is 25.6 Å². The molecule has 0 fully saturated rings. The molecule has 1 aliphatic rings. The third-order valence-electron chi connectivity index (χ3n) is 2.23. The molecular weight excluding hydrogens is 154 g/mol. The molecule has 0 bridgehead atoms. The molecule has 1 aromatic heterocycles. The summed E-state index contributed by atoms with van der Waals surface area (Å²) in [5.41, 5.74) is 2.50. The Balaban J connectivity index is 2.43. The molecule has 12 heavy (non-hydrogen) atoms. The minimum atomic E-state index is -0.425. The van der Waals surface area contributed by atoms with Crippen molar-refractivity contribution in [3.05, 3.63) is 29.1 Å². The predicted molar refractivity (Wildman–Crippen MR) is 43.4 cm³/mol. The van der Waals surface area contributed by atoms with E-state index in [1.807, 2.05) is 6.07 Å². The van der Waals surface area contributed by atoms with Crippen LogP contribution in [0, 0.1) is 0 Å². The molecule has 1 atom stereocenters. The first-order valence-electron chi connectivity index (χ1n) is 4.09. The molecule has 0 aromatic carbocycles. The monoisotopic (exact) mass is 165 g/mol. The Kier molecular flexibility index (Phi) is 1.83. The Hall–Kier alpha value is -0.930. The second-order valence-electron chi connectivity index (χ2n) is 3.06. The van der Waals surface area contributed by atoms with E-state index in [4.69, 9.17) is 5.11 Å². The topological polar surface area (TPSA) is 53.4 Å². The summed E-state index contributed by atoms with van der Waals surface area (Å²) in [5.74, 6) is 0. The lowest BCUT2D eigenvalue weighted by Gasteiger charge is -2.03. The van der Waals surface area contributed by atoms with Gasteiger partial charge in [0, 0.05) is 0 Å². The molecule has 1 aromatic rings. The Morgan fingerprint density at radius 3 is 3.08 bits per heavy atom. The first kappa shape index (κ1) is 7.71. The summed E-state index contributed by atoms with van der Waals surface area (Å²) in [5, 5.41) is 18.3. The zero-order chi connectivity index (χ0) is 8.55. The van der Waals surface area contributed by atoms with Gasteiger partial charge in [0.05, 0.1) is 24.1 Å². The number of hydrogen-bond donors (Lipinski definition) is 2. The molecule has 0 saturated carbocycles. The van der Waals surface area contributed by atoms with E-state index in [0.717, 1.165) is 24.1 Å². The van der Waals surface area contributed by atoms with Gasteiger partial charge in [-0.1, -0.05) is 6.07 Å². The average Bonchev–Trinajstić information content (AvgIpc) is 2.47. The van der Waals surface area contributed by atoms with Crippen molar-refractivity contribution in [1.29, 1.82) is 0 Å². The van der Waals surface area contributed by atoms with Crippen LogP contribution < -0.4 is 0 Å². The molecule has 3 nitrogen and oxygen atoms in total. The maximum Gasteiger partial charge on any atom is 0.0965 e. The quantitative estimate of drug-likeness (QED) is 0.639. The van der Waals surface area contributed by atoms with E-state index < -0.39 is 6.10 Å². The van der Waals surface area contributed by atoms with Crippen LogP contribution >= 0.6 is 0 Å². The molecule has 64 valence electrons. The smallest absolute Gasteiger partial charge is 0.0965 e. The molecule has 2 N–H and O–H groups in total. The molecule has 1 heterocycles. The van der Waals surface area contributed by atoms with Crippen LogP contribution in [0.1, 0.15) is 29.5 Å². The number of rotatable bonds is 1. The zero-order valence-electron chi connectivity index (χ0n) is 6.70. The SMILES string of the molecule is OCc1ccc2c(n1)C(O)CC2. The lowest BCUT2D eigenvalue weighted by molar-refractivity contribution is 0.175. The van der Waals surface area contributed by atoms with E-state index >= 15 is 0 Å². The number of fused-ring (bicyclic) bond motifs is 1. The van der Waals surface area contributed by atoms with Crippen LogP contribution in [0.3, 0.4) is 0 Å². The van der Waals surface area contributed by atoms with Gasteiger partial charge in [-0.2, -0.15) is 0 Å². The molecular formula is C9H11NO2. The first-order chi connectivity index (χ1) is 5.81. The van der Waals surface area contributed by atoms with Crippen molar-refractivity contribution in [2.75, 3.05) is 0 Å². The highest BCUT2D eigenvalue weighted by atomic mass is 16.3. The van der Waals surface area contributed by atoms with E-state index in [1.165, 1.54) is 0 Å². The Bertz CT molecular complexity index is 299. The van der Waals surface area contributed by atoms with E-state index in [-0.39, 0.29) is 6.61 Å². The highest BCUT2D eigenvalue weighted by Gasteiger charge is 2.21. The third-order valence-corrected chi connectivity index (χ3v) is 2.23. The number of aliphatic hydroxyl groups excluding tert-OH is 2. The first-order valence-corrected chi connectivity index (χ1v) is 4.09.